The summed E-state index contributed by atoms with van der Waals surface area (Å²) >= 11 is 12.3. The molecule has 0 N–H and O–H groups in total. The van der Waals surface area contributed by atoms with Crippen LogP contribution in [0, 0.1) is 11.2 Å². The van der Waals surface area contributed by atoms with Crippen LogP contribution >= 0.6 is 23.2 Å². The van der Waals surface area contributed by atoms with E-state index >= 15 is 4.39 Å². The van der Waals surface area contributed by atoms with Crippen molar-refractivity contribution in [3.05, 3.63) is 98.5 Å². The van der Waals surface area contributed by atoms with E-state index in [9.17, 15) is 12.3 Å². The van der Waals surface area contributed by atoms with Crippen LogP contribution in [-0.2, 0) is 21.4 Å². The summed E-state index contributed by atoms with van der Waals surface area (Å²) in [6.45, 7) is 5.26. The second-order valence-corrected chi connectivity index (χ2v) is 18.3. The fourth-order valence-electron chi connectivity index (χ4n) is 4.63. The molecule has 1 aliphatic carbocycles. The molecule has 1 fully saturated rings. The van der Waals surface area contributed by atoms with Crippen molar-refractivity contribution in [3.63, 3.8) is 0 Å². The molecule has 5 rings (SSSR count). The first-order valence-corrected chi connectivity index (χ1v) is 17.7. The summed E-state index contributed by atoms with van der Waals surface area (Å²) in [6.07, 6.45) is 1.53. The van der Waals surface area contributed by atoms with Gasteiger partial charge in [0.15, 0.2) is 19.8 Å². The van der Waals surface area contributed by atoms with E-state index in [2.05, 4.69) is 4.98 Å². The number of aromatic nitrogens is 1. The molecule has 0 unspecified atom stereocenters. The normalized spacial score (nSPS) is 21.5. The number of hydrogen-bond acceptors (Lipinski definition) is 5. The second kappa shape index (κ2) is 11.4. The van der Waals surface area contributed by atoms with Gasteiger partial charge in [0.25, 0.3) is 5.91 Å². The predicted molar refractivity (Wildman–Crippen MR) is 169 cm³/mol. The fraction of sp³-hybridized carbons (Fsp3) is 0.424. The van der Waals surface area contributed by atoms with Crippen molar-refractivity contribution in [1.82, 2.24) is 9.88 Å². The van der Waals surface area contributed by atoms with Gasteiger partial charge in [-0.3, -0.25) is 19.5 Å². The highest BCUT2D eigenvalue weighted by atomic mass is 35.5. The Bertz CT molecular complexity index is 1730. The molecule has 1 atom stereocenters. The summed E-state index contributed by atoms with van der Waals surface area (Å²) in [5.41, 5.74) is -4.16. The van der Waals surface area contributed by atoms with Gasteiger partial charge in [0.2, 0.25) is 0 Å². The van der Waals surface area contributed by atoms with Gasteiger partial charge in [-0.2, -0.15) is 0 Å². The first-order valence-electron chi connectivity index (χ1n) is 16.0. The summed E-state index contributed by atoms with van der Waals surface area (Å²) in [4.78, 5) is 32.2. The molecule has 3 aromatic rings. The highest BCUT2D eigenvalue weighted by Crippen LogP contribution is 2.53. The van der Waals surface area contributed by atoms with Crippen molar-refractivity contribution in [1.29, 1.82) is 0 Å². The molecule has 0 radical (unpaired) electrons. The number of ether oxygens (including phenoxy) is 1. The molecule has 228 valence electrons. The number of fused-ring (bicyclic) bond motifs is 1. The minimum Gasteiger partial charge on any atom is -0.416 e. The lowest BCUT2D eigenvalue weighted by atomic mass is 9.91. The van der Waals surface area contributed by atoms with Crippen molar-refractivity contribution in [2.24, 2.45) is 5.41 Å². The predicted octanol–water partition coefficient (Wildman–Crippen LogP) is 8.41. The smallest absolute Gasteiger partial charge is 0.257 e. The van der Waals surface area contributed by atoms with Gasteiger partial charge in [0, 0.05) is 34.3 Å². The molecule has 2 aliphatic rings. The Labute approximate surface area is 269 Å². The number of carbonyl (C=O) groups excluding carboxylic acids is 2. The van der Waals surface area contributed by atoms with E-state index in [-0.39, 0.29) is 46.7 Å². The molecule has 0 bridgehead atoms. The minimum atomic E-state index is -2.84. The van der Waals surface area contributed by atoms with Crippen LogP contribution in [0.15, 0.2) is 54.7 Å². The molecule has 0 spiro atoms. The van der Waals surface area contributed by atoms with E-state index < -0.39 is 50.1 Å². The molecule has 10 heteroatoms. The molecule has 1 aromatic heterocycles. The van der Waals surface area contributed by atoms with Crippen LogP contribution in [0.3, 0.4) is 0 Å². The van der Waals surface area contributed by atoms with Gasteiger partial charge in [0.1, 0.15) is 5.82 Å². The number of pyridine rings is 1. The number of amides is 1. The summed E-state index contributed by atoms with van der Waals surface area (Å²) in [5, 5.41) is 0.288. The average Bonchev–Trinajstić information content (AvgIpc) is 3.75. The van der Waals surface area contributed by atoms with Crippen LogP contribution in [0.1, 0.15) is 83.6 Å². The maximum absolute atomic E-state index is 16.5. The fourth-order valence-corrected chi connectivity index (χ4v) is 5.63. The van der Waals surface area contributed by atoms with E-state index in [4.69, 9.17) is 35.1 Å². The Morgan fingerprint density at radius 1 is 1.09 bits per heavy atom. The standard InChI is InChI=1S/C33H37Cl2FN2O4Si/c1-21(39)22-15-27-29(28(36)16-22)33(23-7-9-24(34)10-8-23,38(30(27)40)18-26-12-11-25(35)17-37-26)41-19-32(13-14-32)20-42-43(5,6)31(2,3)4/h7-12,15-17H,13-14,18-20H2,1-6H3/t33-/m1/s1/i19D2,20D2. The number of rotatable bonds is 10. The minimum absolute atomic E-state index is 0.0492. The van der Waals surface area contributed by atoms with Crippen molar-refractivity contribution in [2.75, 3.05) is 13.1 Å². The Morgan fingerprint density at radius 2 is 1.74 bits per heavy atom. The van der Waals surface area contributed by atoms with E-state index in [0.29, 0.717) is 15.7 Å². The summed E-state index contributed by atoms with van der Waals surface area (Å²) in [5.74, 6) is -2.18. The number of carbonyl (C=O) groups is 2. The molecule has 2 heterocycles. The van der Waals surface area contributed by atoms with Gasteiger partial charge < -0.3 is 9.16 Å². The van der Waals surface area contributed by atoms with E-state index in [0.717, 1.165) is 11.0 Å². The van der Waals surface area contributed by atoms with Crippen LogP contribution < -0.4 is 0 Å². The Kier molecular flexibility index (Phi) is 7.08. The maximum Gasteiger partial charge on any atom is 0.257 e. The molecule has 6 nitrogen and oxygen atoms in total. The third kappa shape index (κ3) is 6.05. The topological polar surface area (TPSA) is 68.7 Å². The quantitative estimate of drug-likeness (QED) is 0.163. The van der Waals surface area contributed by atoms with Crippen LogP contribution in [0.5, 0.6) is 0 Å². The van der Waals surface area contributed by atoms with Crippen LogP contribution in [0.2, 0.25) is 28.2 Å². The molecule has 1 amide bonds. The first kappa shape index (κ1) is 26.8. The monoisotopic (exact) mass is 646 g/mol. The molecule has 0 saturated heterocycles. The summed E-state index contributed by atoms with van der Waals surface area (Å²) in [7, 11) is -2.77. The molecule has 43 heavy (non-hydrogen) atoms. The van der Waals surface area contributed by atoms with Gasteiger partial charge in [-0.05, 0) is 74.3 Å². The number of hydrogen-bond donors (Lipinski definition) is 0. The van der Waals surface area contributed by atoms with Crippen molar-refractivity contribution < 1.29 is 28.6 Å². The molecular weight excluding hydrogens is 606 g/mol. The highest BCUT2D eigenvalue weighted by Gasteiger charge is 2.57. The number of ketones is 1. The molecule has 1 aliphatic heterocycles. The van der Waals surface area contributed by atoms with Crippen LogP contribution in [0.4, 0.5) is 4.39 Å². The molecule has 1 saturated carbocycles. The van der Waals surface area contributed by atoms with E-state index in [1.54, 1.807) is 12.1 Å². The number of benzene rings is 2. The third-order valence-corrected chi connectivity index (χ3v) is 13.2. The third-order valence-electron chi connectivity index (χ3n) is 8.49. The van der Waals surface area contributed by atoms with Crippen molar-refractivity contribution >= 4 is 43.2 Å². The van der Waals surface area contributed by atoms with Crippen LogP contribution in [-0.4, -0.2) is 43.0 Å². The summed E-state index contributed by atoms with van der Waals surface area (Å²) < 4.78 is 66.4. The van der Waals surface area contributed by atoms with Crippen molar-refractivity contribution in [2.45, 2.75) is 70.9 Å². The first-order chi connectivity index (χ1) is 21.6. The van der Waals surface area contributed by atoms with Gasteiger partial charge in [-0.25, -0.2) is 4.39 Å². The number of halogens is 3. The van der Waals surface area contributed by atoms with Gasteiger partial charge in [-0.1, -0.05) is 56.1 Å². The lowest BCUT2D eigenvalue weighted by Crippen LogP contribution is -2.48. The maximum atomic E-state index is 16.5. The highest BCUT2D eigenvalue weighted by molar-refractivity contribution is 6.74. The van der Waals surface area contributed by atoms with E-state index in [1.165, 1.54) is 43.5 Å². The molecule has 2 aromatic carbocycles. The average molecular weight is 648 g/mol. The van der Waals surface area contributed by atoms with Crippen molar-refractivity contribution in [3.8, 4) is 0 Å². The van der Waals surface area contributed by atoms with Crippen LogP contribution in [0.25, 0.3) is 0 Å². The largest absolute Gasteiger partial charge is 0.416 e. The lowest BCUT2D eigenvalue weighted by molar-refractivity contribution is -0.130. The van der Waals surface area contributed by atoms with Gasteiger partial charge in [0.05, 0.1) is 40.4 Å². The van der Waals surface area contributed by atoms with Gasteiger partial charge >= 0.3 is 0 Å². The SMILES string of the molecule is [2H]C([2H])(O[C@]1(c2ccc(Cl)cc2)c2c(F)cc(C(C)=O)cc2C(=O)N1Cc1ccc(Cl)cn1)C1(C([2H])([2H])O[Si](C)(C)C(C)(C)C)CC1. The molecular formula is C33H37Cl2FN2O4Si. The van der Waals surface area contributed by atoms with Gasteiger partial charge in [-0.15, -0.1) is 0 Å². The second-order valence-electron chi connectivity index (χ2n) is 12.7. The van der Waals surface area contributed by atoms with E-state index in [1.807, 2.05) is 33.9 Å². The lowest BCUT2D eigenvalue weighted by Gasteiger charge is -2.41. The number of nitrogens with zero attached hydrogens (tertiary/aromatic N) is 2. The Hall–Kier alpha value is -2.62. The Balaban J connectivity index is 1.75. The zero-order valence-electron chi connectivity index (χ0n) is 29.0. The Morgan fingerprint density at radius 3 is 2.30 bits per heavy atom. The zero-order valence-corrected chi connectivity index (χ0v) is 27.5. The summed E-state index contributed by atoms with van der Waals surface area (Å²) in [6, 6.07) is 11.4. The number of Topliss-reactive ketones (excluding diaryl/α,β-unsaturated/α-hetero) is 1. The zero-order chi connectivity index (χ0) is 35.0.